The summed E-state index contributed by atoms with van der Waals surface area (Å²) in [5.74, 6) is 1.61. The van der Waals surface area contributed by atoms with Gasteiger partial charge < -0.3 is 15.0 Å². The molecule has 1 aliphatic carbocycles. The maximum absolute atomic E-state index is 14.0. The van der Waals surface area contributed by atoms with Crippen LogP contribution >= 0.6 is 0 Å². The largest absolute Gasteiger partial charge is 0.457 e. The average molecular weight is 353 g/mol. The lowest BCUT2D eigenvalue weighted by Crippen LogP contribution is -2.24. The van der Waals surface area contributed by atoms with Gasteiger partial charge in [0.25, 0.3) is 0 Å². The number of hydrogen-bond donors (Lipinski definition) is 2. The Morgan fingerprint density at radius 2 is 1.88 bits per heavy atom. The molecule has 0 unspecified atom stereocenters. The van der Waals surface area contributed by atoms with Gasteiger partial charge >= 0.3 is 0 Å². The van der Waals surface area contributed by atoms with Crippen LogP contribution in [0.1, 0.15) is 37.7 Å². The van der Waals surface area contributed by atoms with Crippen molar-refractivity contribution >= 4 is 11.0 Å². The van der Waals surface area contributed by atoms with Crippen LogP contribution in [0, 0.1) is 11.7 Å². The van der Waals surface area contributed by atoms with Gasteiger partial charge in [-0.3, -0.25) is 0 Å². The fourth-order valence-electron chi connectivity index (χ4n) is 3.66. The number of aromatic nitrogens is 2. The molecule has 0 saturated heterocycles. The van der Waals surface area contributed by atoms with Crippen LogP contribution < -0.4 is 10.1 Å². The van der Waals surface area contributed by atoms with Crippen molar-refractivity contribution in [2.75, 3.05) is 6.54 Å². The van der Waals surface area contributed by atoms with Crippen LogP contribution in [0.15, 0.2) is 42.7 Å². The first-order valence-corrected chi connectivity index (χ1v) is 9.38. The van der Waals surface area contributed by atoms with Crippen LogP contribution in [-0.4, -0.2) is 16.5 Å². The van der Waals surface area contributed by atoms with E-state index in [0.717, 1.165) is 19.0 Å². The summed E-state index contributed by atoms with van der Waals surface area (Å²) in [4.78, 5) is 6.87. The van der Waals surface area contributed by atoms with Crippen molar-refractivity contribution in [3.63, 3.8) is 0 Å². The van der Waals surface area contributed by atoms with Gasteiger partial charge in [0.05, 0.1) is 11.8 Å². The maximum Gasteiger partial charge on any atom is 0.152 e. The molecular formula is C21H24FN3O. The monoisotopic (exact) mass is 353 g/mol. The third-order valence-electron chi connectivity index (χ3n) is 5.10. The predicted octanol–water partition coefficient (Wildman–Crippen LogP) is 5.16. The van der Waals surface area contributed by atoms with Crippen LogP contribution in [0.2, 0.25) is 0 Å². The summed E-state index contributed by atoms with van der Waals surface area (Å²) in [5.41, 5.74) is 2.18. The van der Waals surface area contributed by atoms with Crippen LogP contribution in [-0.2, 0) is 6.54 Å². The van der Waals surface area contributed by atoms with E-state index in [4.69, 9.17) is 4.74 Å². The van der Waals surface area contributed by atoms with Crippen LogP contribution in [0.25, 0.3) is 11.0 Å². The molecule has 0 spiro atoms. The molecule has 5 heteroatoms. The van der Waals surface area contributed by atoms with Gasteiger partial charge in [-0.15, -0.1) is 0 Å². The lowest BCUT2D eigenvalue weighted by atomic mass is 9.89. The molecule has 3 aromatic rings. The van der Waals surface area contributed by atoms with Crippen molar-refractivity contribution in [2.45, 2.75) is 38.6 Å². The van der Waals surface area contributed by atoms with Gasteiger partial charge in [0.15, 0.2) is 5.82 Å². The van der Waals surface area contributed by atoms with Gasteiger partial charge in [0.1, 0.15) is 17.0 Å². The summed E-state index contributed by atoms with van der Waals surface area (Å²) >= 11 is 0. The lowest BCUT2D eigenvalue weighted by molar-refractivity contribution is 0.342. The highest BCUT2D eigenvalue weighted by Crippen LogP contribution is 2.27. The first-order valence-electron chi connectivity index (χ1n) is 9.38. The van der Waals surface area contributed by atoms with Gasteiger partial charge in [-0.1, -0.05) is 31.4 Å². The molecule has 0 radical (unpaired) electrons. The quantitative estimate of drug-likeness (QED) is 0.643. The number of halogens is 1. The molecule has 1 aromatic heterocycles. The van der Waals surface area contributed by atoms with Crippen molar-refractivity contribution in [1.82, 2.24) is 15.3 Å². The van der Waals surface area contributed by atoms with E-state index in [1.165, 1.54) is 50.1 Å². The topological polar surface area (TPSA) is 49.9 Å². The van der Waals surface area contributed by atoms with Crippen molar-refractivity contribution in [1.29, 1.82) is 0 Å². The van der Waals surface area contributed by atoms with E-state index in [1.54, 1.807) is 6.07 Å². The number of aromatic amines is 1. The number of fused-ring (bicyclic) bond motifs is 1. The molecule has 0 bridgehead atoms. The second kappa shape index (κ2) is 7.87. The van der Waals surface area contributed by atoms with Crippen LogP contribution in [0.3, 0.4) is 0 Å². The molecule has 4 nitrogen and oxygen atoms in total. The highest BCUT2D eigenvalue weighted by atomic mass is 19.1. The molecule has 136 valence electrons. The van der Waals surface area contributed by atoms with Gasteiger partial charge in [-0.05, 0) is 43.0 Å². The minimum atomic E-state index is -0.362. The number of ether oxygens (including phenoxy) is 1. The third kappa shape index (κ3) is 4.05. The summed E-state index contributed by atoms with van der Waals surface area (Å²) in [6, 6.07) is 11.0. The normalized spacial score (nSPS) is 15.4. The van der Waals surface area contributed by atoms with E-state index in [9.17, 15) is 4.39 Å². The molecule has 0 aliphatic heterocycles. The predicted molar refractivity (Wildman–Crippen MR) is 101 cm³/mol. The highest BCUT2D eigenvalue weighted by Gasteiger charge is 2.12. The Morgan fingerprint density at radius 1 is 1.08 bits per heavy atom. The molecule has 4 rings (SSSR count). The van der Waals surface area contributed by atoms with Crippen molar-refractivity contribution in [3.05, 3.63) is 54.1 Å². The second-order valence-corrected chi connectivity index (χ2v) is 7.08. The molecule has 26 heavy (non-hydrogen) atoms. The van der Waals surface area contributed by atoms with Gasteiger partial charge in [0, 0.05) is 18.7 Å². The van der Waals surface area contributed by atoms with E-state index in [-0.39, 0.29) is 5.82 Å². The highest BCUT2D eigenvalue weighted by molar-refractivity contribution is 5.76. The van der Waals surface area contributed by atoms with E-state index in [1.807, 2.05) is 24.3 Å². The van der Waals surface area contributed by atoms with E-state index in [2.05, 4.69) is 15.3 Å². The van der Waals surface area contributed by atoms with Crippen LogP contribution in [0.4, 0.5) is 4.39 Å². The number of rotatable bonds is 6. The van der Waals surface area contributed by atoms with E-state index >= 15 is 0 Å². The Labute approximate surface area is 152 Å². The lowest BCUT2D eigenvalue weighted by Gasteiger charge is -2.21. The molecule has 1 saturated carbocycles. The second-order valence-electron chi connectivity index (χ2n) is 7.08. The smallest absolute Gasteiger partial charge is 0.152 e. The number of benzene rings is 2. The number of nitrogens with zero attached hydrogens (tertiary/aromatic N) is 1. The summed E-state index contributed by atoms with van der Waals surface area (Å²) in [6.45, 7) is 1.96. The first-order chi connectivity index (χ1) is 12.8. The molecule has 0 amide bonds. The molecule has 0 atom stereocenters. The fourth-order valence-corrected chi connectivity index (χ4v) is 3.66. The Bertz CT molecular complexity index is 853. The van der Waals surface area contributed by atoms with E-state index < -0.39 is 0 Å². The van der Waals surface area contributed by atoms with Crippen molar-refractivity contribution in [2.24, 2.45) is 5.92 Å². The Hall–Kier alpha value is -2.40. The third-order valence-corrected chi connectivity index (χ3v) is 5.10. The van der Waals surface area contributed by atoms with Gasteiger partial charge in [0.2, 0.25) is 0 Å². The molecule has 2 aromatic carbocycles. The summed E-state index contributed by atoms with van der Waals surface area (Å²) in [5, 5.41) is 3.56. The zero-order valence-corrected chi connectivity index (χ0v) is 14.8. The number of imidazole rings is 1. The zero-order valence-electron chi connectivity index (χ0n) is 14.8. The van der Waals surface area contributed by atoms with Crippen molar-refractivity contribution < 1.29 is 9.13 Å². The molecule has 1 heterocycles. The van der Waals surface area contributed by atoms with Crippen LogP contribution in [0.5, 0.6) is 11.5 Å². The van der Waals surface area contributed by atoms with Gasteiger partial charge in [-0.2, -0.15) is 0 Å². The Kier molecular flexibility index (Phi) is 5.16. The van der Waals surface area contributed by atoms with Crippen molar-refractivity contribution in [3.8, 4) is 11.5 Å². The maximum atomic E-state index is 14.0. The summed E-state index contributed by atoms with van der Waals surface area (Å²) < 4.78 is 19.8. The Morgan fingerprint density at radius 3 is 2.69 bits per heavy atom. The average Bonchev–Trinajstić information content (AvgIpc) is 3.13. The zero-order chi connectivity index (χ0) is 17.8. The van der Waals surface area contributed by atoms with Gasteiger partial charge in [-0.25, -0.2) is 9.37 Å². The first kappa shape index (κ1) is 17.0. The molecule has 1 aliphatic rings. The number of H-pyrrole nitrogens is 1. The SMILES string of the molecule is Fc1cc(Oc2ccc(CNCC3CCCCC3)cc2)cc2nc[nH]c12. The molecule has 2 N–H and O–H groups in total. The minimum Gasteiger partial charge on any atom is -0.457 e. The number of nitrogens with one attached hydrogen (secondary N) is 2. The summed E-state index contributed by atoms with van der Waals surface area (Å²) in [6.07, 6.45) is 8.35. The molecular weight excluding hydrogens is 329 g/mol. The number of hydrogen-bond acceptors (Lipinski definition) is 3. The van der Waals surface area contributed by atoms with E-state index in [0.29, 0.717) is 22.5 Å². The Balaban J connectivity index is 1.33. The minimum absolute atomic E-state index is 0.362. The fraction of sp³-hybridized carbons (Fsp3) is 0.381. The summed E-state index contributed by atoms with van der Waals surface area (Å²) in [7, 11) is 0. The standard InChI is InChI=1S/C21H24FN3O/c22-19-10-18(11-20-21(19)25-14-24-20)26-17-8-6-16(7-9-17)13-23-12-15-4-2-1-3-5-15/h6-11,14-15,23H,1-5,12-13H2,(H,24,25). The molecule has 1 fully saturated rings.